The van der Waals surface area contributed by atoms with Crippen LogP contribution in [0.15, 0.2) is 109 Å². The summed E-state index contributed by atoms with van der Waals surface area (Å²) >= 11 is 0. The molecule has 0 atom stereocenters. The highest BCUT2D eigenvalue weighted by molar-refractivity contribution is 7.80. The first-order valence-corrected chi connectivity index (χ1v) is 10.2. The summed E-state index contributed by atoms with van der Waals surface area (Å²) < 4.78 is 6.05. The Kier molecular flexibility index (Phi) is 5.18. The van der Waals surface area contributed by atoms with Crippen molar-refractivity contribution >= 4 is 29.5 Å². The highest BCUT2D eigenvalue weighted by atomic mass is 31.1. The molecule has 2 nitrogen and oxygen atoms in total. The largest absolute Gasteiger partial charge is 0.457 e. The Morgan fingerprint density at radius 3 is 1.63 bits per heavy atom. The Hall–Kier alpha value is -3.09. The van der Waals surface area contributed by atoms with Gasteiger partial charge in [-0.2, -0.15) is 0 Å². The molecule has 0 spiro atoms. The van der Waals surface area contributed by atoms with Crippen LogP contribution in [0.3, 0.4) is 0 Å². The normalized spacial score (nSPS) is 10.7. The van der Waals surface area contributed by atoms with Gasteiger partial charge in [0.1, 0.15) is 11.5 Å². The first-order valence-electron chi connectivity index (χ1n) is 8.84. The van der Waals surface area contributed by atoms with Gasteiger partial charge in [0.05, 0.1) is 0 Å². The molecule has 0 amide bonds. The van der Waals surface area contributed by atoms with Gasteiger partial charge < -0.3 is 10.5 Å². The zero-order valence-electron chi connectivity index (χ0n) is 14.8. The molecule has 0 fully saturated rings. The number of ether oxygens (including phenoxy) is 1. The molecule has 0 heterocycles. The van der Waals surface area contributed by atoms with Crippen LogP contribution in [0.1, 0.15) is 0 Å². The van der Waals surface area contributed by atoms with Crippen LogP contribution < -0.4 is 26.4 Å². The van der Waals surface area contributed by atoms with E-state index >= 15 is 0 Å². The van der Waals surface area contributed by atoms with E-state index in [1.165, 1.54) is 10.6 Å². The second-order valence-electron chi connectivity index (χ2n) is 6.14. The summed E-state index contributed by atoms with van der Waals surface area (Å²) in [6.07, 6.45) is 0. The van der Waals surface area contributed by atoms with E-state index in [0.29, 0.717) is 0 Å². The number of para-hydroxylation sites is 1. The summed E-state index contributed by atoms with van der Waals surface area (Å²) in [6, 6.07) is 36.8. The molecule has 132 valence electrons. The van der Waals surface area contributed by atoms with Crippen molar-refractivity contribution in [2.24, 2.45) is 0 Å². The molecule has 0 radical (unpaired) electrons. The van der Waals surface area contributed by atoms with Crippen molar-refractivity contribution in [3.8, 4) is 11.5 Å². The van der Waals surface area contributed by atoms with E-state index in [1.54, 1.807) is 0 Å². The average molecular weight is 369 g/mol. The molecule has 0 aromatic heterocycles. The molecule has 3 heteroatoms. The van der Waals surface area contributed by atoms with Gasteiger partial charge in [-0.15, -0.1) is 0 Å². The van der Waals surface area contributed by atoms with Gasteiger partial charge >= 0.3 is 0 Å². The Labute approximate surface area is 161 Å². The fourth-order valence-electron chi connectivity index (χ4n) is 2.99. The van der Waals surface area contributed by atoms with Crippen LogP contribution in [0.25, 0.3) is 0 Å². The molecule has 0 saturated heterocycles. The minimum Gasteiger partial charge on any atom is -0.457 e. The maximum atomic E-state index is 6.42. The number of nitrogens with two attached hydrogens (primary N) is 1. The first kappa shape index (κ1) is 17.3. The summed E-state index contributed by atoms with van der Waals surface area (Å²) in [6.45, 7) is 0. The summed E-state index contributed by atoms with van der Waals surface area (Å²) in [5, 5.41) is 3.64. The van der Waals surface area contributed by atoms with Gasteiger partial charge in [0.15, 0.2) is 0 Å². The Morgan fingerprint density at radius 1 is 0.556 bits per heavy atom. The van der Waals surface area contributed by atoms with Gasteiger partial charge in [-0.05, 0) is 48.9 Å². The van der Waals surface area contributed by atoms with Crippen molar-refractivity contribution in [1.82, 2.24) is 0 Å². The second kappa shape index (κ2) is 8.07. The van der Waals surface area contributed by atoms with Crippen molar-refractivity contribution in [2.45, 2.75) is 0 Å². The van der Waals surface area contributed by atoms with Crippen molar-refractivity contribution in [3.05, 3.63) is 109 Å². The number of nitrogen functional groups attached to an aromatic ring is 1. The lowest BCUT2D eigenvalue weighted by atomic mass is 10.3. The van der Waals surface area contributed by atoms with Crippen LogP contribution >= 0.6 is 7.92 Å². The Balaban J connectivity index is 1.79. The molecule has 0 aliphatic rings. The lowest BCUT2D eigenvalue weighted by Gasteiger charge is -2.21. The molecule has 0 unspecified atom stereocenters. The number of benzene rings is 4. The number of hydrogen-bond acceptors (Lipinski definition) is 2. The second-order valence-corrected chi connectivity index (χ2v) is 8.33. The lowest BCUT2D eigenvalue weighted by Crippen LogP contribution is -2.22. The van der Waals surface area contributed by atoms with Crippen molar-refractivity contribution in [3.63, 3.8) is 0 Å². The zero-order chi connectivity index (χ0) is 18.5. The average Bonchev–Trinajstić information content (AvgIpc) is 2.73. The smallest absolute Gasteiger partial charge is 0.128 e. The summed E-state index contributed by atoms with van der Waals surface area (Å²) in [5.41, 5.74) is 7.21. The van der Waals surface area contributed by atoms with E-state index in [2.05, 4.69) is 54.6 Å². The molecular formula is C24H20NOP. The molecule has 4 aromatic rings. The van der Waals surface area contributed by atoms with E-state index in [-0.39, 0.29) is 0 Å². The topological polar surface area (TPSA) is 35.2 Å². The van der Waals surface area contributed by atoms with Gasteiger partial charge in [0, 0.05) is 11.0 Å². The van der Waals surface area contributed by atoms with Gasteiger partial charge in [-0.3, -0.25) is 0 Å². The van der Waals surface area contributed by atoms with Crippen molar-refractivity contribution < 1.29 is 4.74 Å². The molecule has 0 aliphatic carbocycles. The fraction of sp³-hybridized carbons (Fsp3) is 0. The Bertz CT molecular complexity index is 965. The summed E-state index contributed by atoms with van der Waals surface area (Å²) in [5.74, 6) is 1.61. The minimum absolute atomic E-state index is 0.763. The third-order valence-corrected chi connectivity index (χ3v) is 6.75. The zero-order valence-corrected chi connectivity index (χ0v) is 15.7. The molecule has 4 aromatic carbocycles. The highest BCUT2D eigenvalue weighted by Gasteiger charge is 2.19. The molecular weight excluding hydrogens is 349 g/mol. The summed E-state index contributed by atoms with van der Waals surface area (Å²) in [7, 11) is -0.763. The fourth-order valence-corrected chi connectivity index (χ4v) is 5.37. The van der Waals surface area contributed by atoms with E-state index in [4.69, 9.17) is 10.5 Å². The third kappa shape index (κ3) is 4.02. The van der Waals surface area contributed by atoms with E-state index < -0.39 is 7.92 Å². The molecule has 2 N–H and O–H groups in total. The van der Waals surface area contributed by atoms with Crippen LogP contribution in [-0.4, -0.2) is 0 Å². The maximum Gasteiger partial charge on any atom is 0.128 e. The minimum atomic E-state index is -0.763. The monoisotopic (exact) mass is 369 g/mol. The SMILES string of the molecule is Nc1ccc(Oc2ccccc2)cc1P(c1ccccc1)c1ccccc1. The van der Waals surface area contributed by atoms with E-state index in [9.17, 15) is 0 Å². The Morgan fingerprint density at radius 2 is 1.07 bits per heavy atom. The molecule has 27 heavy (non-hydrogen) atoms. The van der Waals surface area contributed by atoms with Gasteiger partial charge in [0.2, 0.25) is 0 Å². The van der Waals surface area contributed by atoms with Crippen LogP contribution in [0.2, 0.25) is 0 Å². The number of anilines is 1. The summed E-state index contributed by atoms with van der Waals surface area (Å²) in [4.78, 5) is 0. The molecule has 0 aliphatic heterocycles. The number of hydrogen-bond donors (Lipinski definition) is 1. The number of rotatable bonds is 5. The van der Waals surface area contributed by atoms with Crippen molar-refractivity contribution in [1.29, 1.82) is 0 Å². The lowest BCUT2D eigenvalue weighted by molar-refractivity contribution is 0.483. The van der Waals surface area contributed by atoms with Crippen LogP contribution in [0.5, 0.6) is 11.5 Å². The predicted octanol–water partition coefficient (Wildman–Crippen LogP) is 4.82. The first-order chi connectivity index (χ1) is 13.3. The highest BCUT2D eigenvalue weighted by Crippen LogP contribution is 2.36. The van der Waals surface area contributed by atoms with E-state index in [1.807, 2.05) is 54.6 Å². The van der Waals surface area contributed by atoms with Crippen molar-refractivity contribution in [2.75, 3.05) is 5.73 Å². The van der Waals surface area contributed by atoms with Crippen LogP contribution in [0.4, 0.5) is 5.69 Å². The predicted molar refractivity (Wildman–Crippen MR) is 116 cm³/mol. The van der Waals surface area contributed by atoms with Gasteiger partial charge in [-0.1, -0.05) is 78.9 Å². The third-order valence-electron chi connectivity index (χ3n) is 4.25. The van der Waals surface area contributed by atoms with Crippen LogP contribution in [-0.2, 0) is 0 Å². The van der Waals surface area contributed by atoms with Gasteiger partial charge in [0.25, 0.3) is 0 Å². The quantitative estimate of drug-likeness (QED) is 0.404. The molecule has 0 bridgehead atoms. The maximum absolute atomic E-state index is 6.42. The van der Waals surface area contributed by atoms with Crippen LogP contribution in [0, 0.1) is 0 Å². The molecule has 0 saturated carbocycles. The van der Waals surface area contributed by atoms with E-state index in [0.717, 1.165) is 22.5 Å². The standard InChI is InChI=1S/C24H20NOP/c25-23-17-16-20(26-19-10-4-1-5-11-19)18-24(23)27(21-12-6-2-7-13-21)22-14-8-3-9-15-22/h1-18H,25H2. The van der Waals surface area contributed by atoms with Gasteiger partial charge in [-0.25, -0.2) is 0 Å². The molecule has 4 rings (SSSR count).